The lowest BCUT2D eigenvalue weighted by molar-refractivity contribution is -0.117. The highest BCUT2D eigenvalue weighted by molar-refractivity contribution is 8.00. The fraction of sp³-hybridized carbons (Fsp3) is 0.500. The Morgan fingerprint density at radius 3 is 2.62 bits per heavy atom. The number of amides is 1. The molecule has 6 heteroatoms. The van der Waals surface area contributed by atoms with Crippen LogP contribution in [0.4, 0.5) is 5.69 Å². The van der Waals surface area contributed by atoms with Gasteiger partial charge in [-0.05, 0) is 31.9 Å². The number of rotatable bonds is 5. The van der Waals surface area contributed by atoms with Crippen LogP contribution in [0.25, 0.3) is 0 Å². The van der Waals surface area contributed by atoms with Gasteiger partial charge in [0.05, 0.1) is 5.25 Å². The van der Waals surface area contributed by atoms with Gasteiger partial charge in [-0.1, -0.05) is 49.2 Å². The Morgan fingerprint density at radius 1 is 1.21 bits per heavy atom. The summed E-state index contributed by atoms with van der Waals surface area (Å²) in [4.78, 5) is 14.2. The molecule has 1 fully saturated rings. The molecule has 1 aromatic heterocycles. The highest BCUT2D eigenvalue weighted by Gasteiger charge is 2.25. The van der Waals surface area contributed by atoms with Crippen LogP contribution in [-0.4, -0.2) is 28.4 Å². The number of para-hydroxylation sites is 1. The Hall–Kier alpha value is -1.82. The molecule has 24 heavy (non-hydrogen) atoms. The lowest BCUT2D eigenvalue weighted by atomic mass is 9.89. The van der Waals surface area contributed by atoms with Crippen molar-refractivity contribution >= 4 is 23.4 Å². The van der Waals surface area contributed by atoms with Crippen LogP contribution in [0.2, 0.25) is 0 Å². The molecule has 1 saturated carbocycles. The first-order valence-electron chi connectivity index (χ1n) is 8.48. The van der Waals surface area contributed by atoms with Gasteiger partial charge in [-0.25, -0.2) is 0 Å². The second-order valence-electron chi connectivity index (χ2n) is 6.23. The van der Waals surface area contributed by atoms with E-state index in [9.17, 15) is 4.79 Å². The van der Waals surface area contributed by atoms with Gasteiger partial charge in [0.25, 0.3) is 5.22 Å². The van der Waals surface area contributed by atoms with E-state index in [4.69, 9.17) is 4.42 Å². The SMILES string of the molecule is CC(Sc1nnc(C2CCCCC2)o1)C(=O)N(C)c1ccccc1. The summed E-state index contributed by atoms with van der Waals surface area (Å²) in [5.74, 6) is 1.13. The summed E-state index contributed by atoms with van der Waals surface area (Å²) in [6.45, 7) is 1.87. The van der Waals surface area contributed by atoms with Crippen LogP contribution in [0.5, 0.6) is 0 Å². The highest BCUT2D eigenvalue weighted by atomic mass is 32.2. The van der Waals surface area contributed by atoms with Gasteiger partial charge in [0.15, 0.2) is 0 Å². The van der Waals surface area contributed by atoms with Crippen LogP contribution in [-0.2, 0) is 4.79 Å². The van der Waals surface area contributed by atoms with Crippen LogP contribution in [0.15, 0.2) is 40.0 Å². The molecule has 0 bridgehead atoms. The average molecular weight is 345 g/mol. The first kappa shape index (κ1) is 17.0. The number of carbonyl (C=O) groups is 1. The summed E-state index contributed by atoms with van der Waals surface area (Å²) < 4.78 is 5.80. The quantitative estimate of drug-likeness (QED) is 0.758. The topological polar surface area (TPSA) is 59.2 Å². The molecular weight excluding hydrogens is 322 g/mol. The average Bonchev–Trinajstić information content (AvgIpc) is 3.10. The van der Waals surface area contributed by atoms with Crippen molar-refractivity contribution in [2.75, 3.05) is 11.9 Å². The van der Waals surface area contributed by atoms with Crippen molar-refractivity contribution in [2.24, 2.45) is 0 Å². The van der Waals surface area contributed by atoms with Crippen LogP contribution in [0.3, 0.4) is 0 Å². The van der Waals surface area contributed by atoms with Gasteiger partial charge in [0.1, 0.15) is 0 Å². The van der Waals surface area contributed by atoms with Crippen molar-refractivity contribution in [1.29, 1.82) is 0 Å². The van der Waals surface area contributed by atoms with E-state index in [0.29, 0.717) is 11.1 Å². The van der Waals surface area contributed by atoms with Crippen molar-refractivity contribution in [1.82, 2.24) is 10.2 Å². The molecule has 0 aliphatic heterocycles. The van der Waals surface area contributed by atoms with E-state index >= 15 is 0 Å². The molecular formula is C18H23N3O2S. The highest BCUT2D eigenvalue weighted by Crippen LogP contribution is 2.33. The normalized spacial score (nSPS) is 16.8. The van der Waals surface area contributed by atoms with E-state index in [2.05, 4.69) is 10.2 Å². The molecule has 1 heterocycles. The Balaban J connectivity index is 1.61. The summed E-state index contributed by atoms with van der Waals surface area (Å²) in [6, 6.07) is 9.62. The molecule has 1 atom stereocenters. The summed E-state index contributed by atoms with van der Waals surface area (Å²) in [6.07, 6.45) is 6.00. The molecule has 1 aromatic carbocycles. The minimum absolute atomic E-state index is 0.0172. The predicted octanol–water partition coefficient (Wildman–Crippen LogP) is 4.26. The van der Waals surface area contributed by atoms with Crippen molar-refractivity contribution < 1.29 is 9.21 Å². The first-order valence-corrected chi connectivity index (χ1v) is 9.36. The third kappa shape index (κ3) is 3.98. The van der Waals surface area contributed by atoms with Gasteiger partial charge in [0, 0.05) is 18.7 Å². The van der Waals surface area contributed by atoms with E-state index in [1.54, 1.807) is 11.9 Å². The van der Waals surface area contributed by atoms with E-state index in [-0.39, 0.29) is 11.2 Å². The van der Waals surface area contributed by atoms with Crippen molar-refractivity contribution in [2.45, 2.75) is 55.4 Å². The number of carbonyl (C=O) groups excluding carboxylic acids is 1. The molecule has 1 aliphatic carbocycles. The number of anilines is 1. The summed E-state index contributed by atoms with van der Waals surface area (Å²) in [7, 11) is 1.79. The molecule has 2 aromatic rings. The minimum atomic E-state index is -0.283. The maximum Gasteiger partial charge on any atom is 0.277 e. The Morgan fingerprint density at radius 2 is 1.92 bits per heavy atom. The van der Waals surface area contributed by atoms with E-state index in [1.807, 2.05) is 37.3 Å². The second-order valence-corrected chi connectivity index (χ2v) is 7.53. The van der Waals surface area contributed by atoms with Crippen LogP contribution >= 0.6 is 11.8 Å². The fourth-order valence-corrected chi connectivity index (χ4v) is 3.82. The lowest BCUT2D eigenvalue weighted by Crippen LogP contribution is -2.33. The standard InChI is InChI=1S/C18H23N3O2S/c1-13(17(22)21(2)15-11-7-4-8-12-15)24-18-20-19-16(23-18)14-9-5-3-6-10-14/h4,7-8,11-14H,3,5-6,9-10H2,1-2H3. The third-order valence-corrected chi connectivity index (χ3v) is 5.40. The minimum Gasteiger partial charge on any atom is -0.416 e. The Bertz CT molecular complexity index is 668. The van der Waals surface area contributed by atoms with Crippen molar-refractivity contribution in [3.05, 3.63) is 36.2 Å². The first-order chi connectivity index (χ1) is 11.6. The molecule has 1 amide bonds. The van der Waals surface area contributed by atoms with Gasteiger partial charge in [-0.2, -0.15) is 0 Å². The van der Waals surface area contributed by atoms with E-state index < -0.39 is 0 Å². The number of benzene rings is 1. The van der Waals surface area contributed by atoms with Crippen LogP contribution in [0.1, 0.15) is 50.8 Å². The largest absolute Gasteiger partial charge is 0.416 e. The van der Waals surface area contributed by atoms with Gasteiger partial charge >= 0.3 is 0 Å². The summed E-state index contributed by atoms with van der Waals surface area (Å²) in [5, 5.41) is 8.52. The zero-order valence-corrected chi connectivity index (χ0v) is 15.0. The number of thioether (sulfide) groups is 1. The fourth-order valence-electron chi connectivity index (χ4n) is 3.04. The van der Waals surface area contributed by atoms with E-state index in [0.717, 1.165) is 24.4 Å². The van der Waals surface area contributed by atoms with Crippen molar-refractivity contribution in [3.63, 3.8) is 0 Å². The molecule has 3 rings (SSSR count). The zero-order chi connectivity index (χ0) is 16.9. The summed E-state index contributed by atoms with van der Waals surface area (Å²) in [5.41, 5.74) is 0.878. The third-order valence-electron chi connectivity index (χ3n) is 4.48. The number of aromatic nitrogens is 2. The van der Waals surface area contributed by atoms with Gasteiger partial charge in [0.2, 0.25) is 11.8 Å². The maximum absolute atomic E-state index is 12.6. The lowest BCUT2D eigenvalue weighted by Gasteiger charge is -2.20. The number of hydrogen-bond donors (Lipinski definition) is 0. The Labute approximate surface area is 146 Å². The van der Waals surface area contributed by atoms with Gasteiger partial charge in [-0.15, -0.1) is 10.2 Å². The second kappa shape index (κ2) is 7.83. The maximum atomic E-state index is 12.6. The van der Waals surface area contributed by atoms with Gasteiger partial charge in [-0.3, -0.25) is 4.79 Å². The molecule has 1 aliphatic rings. The Kier molecular flexibility index (Phi) is 5.56. The molecule has 5 nitrogen and oxygen atoms in total. The predicted molar refractivity (Wildman–Crippen MR) is 95.3 cm³/mol. The monoisotopic (exact) mass is 345 g/mol. The number of nitrogens with zero attached hydrogens (tertiary/aromatic N) is 3. The van der Waals surface area contributed by atoms with E-state index in [1.165, 1.54) is 31.0 Å². The summed E-state index contributed by atoms with van der Waals surface area (Å²) >= 11 is 1.33. The number of hydrogen-bond acceptors (Lipinski definition) is 5. The molecule has 128 valence electrons. The van der Waals surface area contributed by atoms with Crippen LogP contribution in [0, 0.1) is 0 Å². The van der Waals surface area contributed by atoms with Crippen LogP contribution < -0.4 is 4.90 Å². The molecule has 0 spiro atoms. The molecule has 0 radical (unpaired) electrons. The molecule has 0 N–H and O–H groups in total. The smallest absolute Gasteiger partial charge is 0.277 e. The molecule has 1 unspecified atom stereocenters. The zero-order valence-electron chi connectivity index (χ0n) is 14.1. The van der Waals surface area contributed by atoms with Gasteiger partial charge < -0.3 is 9.32 Å². The van der Waals surface area contributed by atoms with Crippen molar-refractivity contribution in [3.8, 4) is 0 Å². The molecule has 0 saturated heterocycles.